The van der Waals surface area contributed by atoms with Gasteiger partial charge in [0.05, 0.1) is 15.6 Å². The van der Waals surface area contributed by atoms with Crippen molar-refractivity contribution in [3.63, 3.8) is 0 Å². The lowest BCUT2D eigenvalue weighted by Crippen LogP contribution is -2.30. The normalized spacial score (nSPS) is 11.8. The van der Waals surface area contributed by atoms with E-state index in [4.69, 9.17) is 20.9 Å². The summed E-state index contributed by atoms with van der Waals surface area (Å²) in [6.07, 6.45) is -1.14. The molecule has 0 aromatic carbocycles. The number of amides is 1. The number of halogens is 1. The Hall–Kier alpha value is -2.19. The number of nitrogens with one attached hydrogen (secondary N) is 1. The topological polar surface area (TPSA) is 98.5 Å². The number of ketones is 1. The maximum absolute atomic E-state index is 11.9. The SMILES string of the molecule is Cc1cc(NC(=O)[C@@H](C)OC(=O)CCC(=O)c2ccc(Cl)s2)no1. The van der Waals surface area contributed by atoms with Gasteiger partial charge in [-0.25, -0.2) is 0 Å². The molecule has 0 saturated carbocycles. The molecule has 24 heavy (non-hydrogen) atoms. The molecule has 0 aliphatic rings. The molecule has 1 amide bonds. The highest BCUT2D eigenvalue weighted by Crippen LogP contribution is 2.23. The van der Waals surface area contributed by atoms with Crippen LogP contribution >= 0.6 is 22.9 Å². The summed E-state index contributed by atoms with van der Waals surface area (Å²) in [7, 11) is 0. The standard InChI is InChI=1S/C15H15ClN2O5S/c1-8-7-13(18-23-8)17-15(21)9(2)22-14(20)6-3-10(19)11-4-5-12(16)24-11/h4-5,7,9H,3,6H2,1-2H3,(H,17,18,21)/t9-/m1/s1. The highest BCUT2D eigenvalue weighted by atomic mass is 35.5. The van der Waals surface area contributed by atoms with Crippen molar-refractivity contribution in [3.05, 3.63) is 33.2 Å². The Kier molecular flexibility index (Phi) is 6.10. The van der Waals surface area contributed by atoms with Crippen LogP contribution in [0.2, 0.25) is 4.34 Å². The minimum Gasteiger partial charge on any atom is -0.453 e. The number of anilines is 1. The fraction of sp³-hybridized carbons (Fsp3) is 0.333. The number of carbonyl (C=O) groups is 3. The molecule has 128 valence electrons. The van der Waals surface area contributed by atoms with Crippen molar-refractivity contribution in [3.8, 4) is 0 Å². The third-order valence-corrected chi connectivity index (χ3v) is 4.23. The fourth-order valence-corrected chi connectivity index (χ4v) is 2.78. The van der Waals surface area contributed by atoms with Crippen molar-refractivity contribution in [2.75, 3.05) is 5.32 Å². The van der Waals surface area contributed by atoms with Gasteiger partial charge in [-0.3, -0.25) is 14.4 Å². The number of carbonyl (C=O) groups excluding carboxylic acids is 3. The van der Waals surface area contributed by atoms with E-state index >= 15 is 0 Å². The minimum atomic E-state index is -1.01. The number of rotatable bonds is 7. The molecule has 2 rings (SSSR count). The summed E-state index contributed by atoms with van der Waals surface area (Å²) < 4.78 is 10.3. The van der Waals surface area contributed by atoms with Gasteiger partial charge >= 0.3 is 5.97 Å². The van der Waals surface area contributed by atoms with E-state index in [0.717, 1.165) is 11.3 Å². The van der Waals surface area contributed by atoms with Gasteiger partial charge in [-0.15, -0.1) is 11.3 Å². The second-order valence-electron chi connectivity index (χ2n) is 4.97. The van der Waals surface area contributed by atoms with Crippen LogP contribution in [0.25, 0.3) is 0 Å². The Morgan fingerprint density at radius 2 is 2.12 bits per heavy atom. The van der Waals surface area contributed by atoms with Crippen molar-refractivity contribution in [1.29, 1.82) is 0 Å². The largest absolute Gasteiger partial charge is 0.453 e. The predicted molar refractivity (Wildman–Crippen MR) is 88.3 cm³/mol. The first kappa shape index (κ1) is 18.2. The van der Waals surface area contributed by atoms with Crippen LogP contribution < -0.4 is 5.32 Å². The Morgan fingerprint density at radius 1 is 1.38 bits per heavy atom. The molecule has 0 fully saturated rings. The van der Waals surface area contributed by atoms with Gasteiger partial charge < -0.3 is 14.6 Å². The van der Waals surface area contributed by atoms with Crippen molar-refractivity contribution in [2.45, 2.75) is 32.8 Å². The zero-order chi connectivity index (χ0) is 17.7. The zero-order valence-electron chi connectivity index (χ0n) is 13.0. The van der Waals surface area contributed by atoms with Crippen LogP contribution in [0.3, 0.4) is 0 Å². The summed E-state index contributed by atoms with van der Waals surface area (Å²) in [5.74, 6) is -0.579. The molecular weight excluding hydrogens is 356 g/mol. The van der Waals surface area contributed by atoms with Gasteiger partial charge in [0, 0.05) is 12.5 Å². The molecule has 0 saturated heterocycles. The van der Waals surface area contributed by atoms with Crippen LogP contribution in [0.5, 0.6) is 0 Å². The molecule has 0 spiro atoms. The smallest absolute Gasteiger partial charge is 0.307 e. The van der Waals surface area contributed by atoms with Crippen LogP contribution in [0.15, 0.2) is 22.7 Å². The maximum atomic E-state index is 11.9. The molecule has 0 aliphatic carbocycles. The van der Waals surface area contributed by atoms with Crippen molar-refractivity contribution >= 4 is 46.4 Å². The summed E-state index contributed by atoms with van der Waals surface area (Å²) in [5, 5.41) is 6.07. The van der Waals surface area contributed by atoms with Crippen LogP contribution in [0.1, 0.15) is 35.2 Å². The molecule has 0 radical (unpaired) electrons. The third-order valence-electron chi connectivity index (χ3n) is 2.96. The molecule has 7 nitrogen and oxygen atoms in total. The van der Waals surface area contributed by atoms with Gasteiger partial charge in [0.25, 0.3) is 5.91 Å². The number of nitrogens with zero attached hydrogens (tertiary/aromatic N) is 1. The Labute approximate surface area is 146 Å². The molecule has 2 aromatic heterocycles. The summed E-state index contributed by atoms with van der Waals surface area (Å²) in [5.41, 5.74) is 0. The van der Waals surface area contributed by atoms with E-state index in [0.29, 0.717) is 15.0 Å². The van der Waals surface area contributed by atoms with Gasteiger partial charge in [-0.05, 0) is 26.0 Å². The molecule has 2 aromatic rings. The number of esters is 1. The Morgan fingerprint density at radius 3 is 2.71 bits per heavy atom. The monoisotopic (exact) mass is 370 g/mol. The second kappa shape index (κ2) is 8.07. The van der Waals surface area contributed by atoms with Crippen LogP contribution in [0, 0.1) is 6.92 Å². The average Bonchev–Trinajstić information content (AvgIpc) is 3.13. The number of ether oxygens (including phenoxy) is 1. The van der Waals surface area contributed by atoms with Gasteiger partial charge in [0.15, 0.2) is 17.7 Å². The molecule has 0 aliphatic heterocycles. The van der Waals surface area contributed by atoms with E-state index in [1.54, 1.807) is 19.1 Å². The van der Waals surface area contributed by atoms with Gasteiger partial charge in [0.1, 0.15) is 5.76 Å². The van der Waals surface area contributed by atoms with E-state index in [1.165, 1.54) is 13.0 Å². The molecule has 2 heterocycles. The summed E-state index contributed by atoms with van der Waals surface area (Å²) in [6, 6.07) is 4.77. The number of thiophene rings is 1. The van der Waals surface area contributed by atoms with Crippen LogP contribution in [-0.2, 0) is 14.3 Å². The van der Waals surface area contributed by atoms with E-state index in [9.17, 15) is 14.4 Å². The zero-order valence-corrected chi connectivity index (χ0v) is 14.6. The average molecular weight is 371 g/mol. The second-order valence-corrected chi connectivity index (χ2v) is 6.69. The third kappa shape index (κ3) is 5.17. The van der Waals surface area contributed by atoms with Crippen LogP contribution in [0.4, 0.5) is 5.82 Å². The van der Waals surface area contributed by atoms with Crippen molar-refractivity contribution in [1.82, 2.24) is 5.16 Å². The number of hydrogen-bond donors (Lipinski definition) is 1. The highest BCUT2D eigenvalue weighted by Gasteiger charge is 2.20. The fourth-order valence-electron chi connectivity index (χ4n) is 1.77. The van der Waals surface area contributed by atoms with Crippen LogP contribution in [-0.4, -0.2) is 28.9 Å². The Balaban J connectivity index is 1.76. The van der Waals surface area contributed by atoms with E-state index < -0.39 is 18.0 Å². The van der Waals surface area contributed by atoms with Gasteiger partial charge in [0.2, 0.25) is 0 Å². The lowest BCUT2D eigenvalue weighted by atomic mass is 10.2. The van der Waals surface area contributed by atoms with E-state index in [-0.39, 0.29) is 24.4 Å². The van der Waals surface area contributed by atoms with Crippen molar-refractivity contribution < 1.29 is 23.6 Å². The molecule has 0 unspecified atom stereocenters. The molecule has 0 bridgehead atoms. The Bertz CT molecular complexity index is 755. The first-order valence-electron chi connectivity index (χ1n) is 7.07. The van der Waals surface area contributed by atoms with E-state index in [1.807, 2.05) is 0 Å². The van der Waals surface area contributed by atoms with Gasteiger partial charge in [-0.2, -0.15) is 0 Å². The highest BCUT2D eigenvalue weighted by molar-refractivity contribution is 7.18. The van der Waals surface area contributed by atoms with Crippen molar-refractivity contribution in [2.24, 2.45) is 0 Å². The maximum Gasteiger partial charge on any atom is 0.307 e. The summed E-state index contributed by atoms with van der Waals surface area (Å²) in [4.78, 5) is 36.0. The summed E-state index contributed by atoms with van der Waals surface area (Å²) >= 11 is 6.91. The molecule has 1 atom stereocenters. The lowest BCUT2D eigenvalue weighted by molar-refractivity contribution is -0.153. The molecular formula is C15H15ClN2O5S. The minimum absolute atomic E-state index is 0.00745. The first-order valence-corrected chi connectivity index (χ1v) is 8.27. The van der Waals surface area contributed by atoms with Gasteiger partial charge in [-0.1, -0.05) is 16.8 Å². The molecule has 1 N–H and O–H groups in total. The first-order chi connectivity index (χ1) is 11.3. The number of hydrogen-bond acceptors (Lipinski definition) is 7. The predicted octanol–water partition coefficient (Wildman–Crippen LogP) is 3.23. The number of aromatic nitrogens is 1. The van der Waals surface area contributed by atoms with E-state index in [2.05, 4.69) is 10.5 Å². The quantitative estimate of drug-likeness (QED) is 0.593. The lowest BCUT2D eigenvalue weighted by Gasteiger charge is -2.11. The number of Topliss-reactive ketones (excluding diaryl/α,β-unsaturated/α-hetero) is 1. The molecule has 9 heteroatoms. The number of aryl methyl sites for hydroxylation is 1. The summed E-state index contributed by atoms with van der Waals surface area (Å²) in [6.45, 7) is 3.12.